The summed E-state index contributed by atoms with van der Waals surface area (Å²) >= 11 is 0. The van der Waals surface area contributed by atoms with Gasteiger partial charge >= 0.3 is 37.7 Å². The first-order valence-electron chi connectivity index (χ1n) is 22.5. The van der Waals surface area contributed by atoms with Gasteiger partial charge in [0.1, 0.15) is 0 Å². The first kappa shape index (κ1) is 59.8. The summed E-state index contributed by atoms with van der Waals surface area (Å²) < 4.78 is 73.1. The Morgan fingerprint density at radius 3 is 0.891 bits per heavy atom. The van der Waals surface area contributed by atoms with Gasteiger partial charge in [-0.3, -0.25) is 8.37 Å². The summed E-state index contributed by atoms with van der Waals surface area (Å²) in [6, 6.07) is 0. The van der Waals surface area contributed by atoms with Gasteiger partial charge in [0.2, 0.25) is 20.8 Å². The largest absolute Gasteiger partial charge is 2.00 e. The molecule has 324 valence electrons. The first-order valence-corrected chi connectivity index (χ1v) is 25.2. The molecule has 0 aliphatic rings. The summed E-state index contributed by atoms with van der Waals surface area (Å²) in [5.41, 5.74) is 0. The molecule has 0 fully saturated rings. The fourth-order valence-corrected chi connectivity index (χ4v) is 7.24. The van der Waals surface area contributed by atoms with E-state index >= 15 is 0 Å². The van der Waals surface area contributed by atoms with Gasteiger partial charge in [-0.2, -0.15) is 0 Å². The number of allylic oxidation sites excluding steroid dienone is 2. The Balaban J connectivity index is -0.000000966. The van der Waals surface area contributed by atoms with E-state index < -0.39 is 20.8 Å². The molecule has 0 aromatic heterocycles. The van der Waals surface area contributed by atoms with Crippen LogP contribution < -0.4 is 0 Å². The minimum Gasteiger partial charge on any atom is -0.726 e. The number of hydrogen-bond acceptors (Lipinski definition) is 8. The Morgan fingerprint density at radius 1 is 0.400 bits per heavy atom. The van der Waals surface area contributed by atoms with Gasteiger partial charge in [-0.05, 0) is 38.5 Å². The van der Waals surface area contributed by atoms with E-state index in [0.29, 0.717) is 0 Å². The molecule has 0 spiro atoms. The summed E-state index contributed by atoms with van der Waals surface area (Å²) in [6.45, 7) is 8.79. The molecule has 0 saturated heterocycles. The van der Waals surface area contributed by atoms with Gasteiger partial charge in [-0.15, -0.1) is 0 Å². The van der Waals surface area contributed by atoms with Crippen molar-refractivity contribution in [2.45, 2.75) is 233 Å². The third-order valence-corrected chi connectivity index (χ3v) is 10.8. The zero-order chi connectivity index (χ0) is 40.4. The van der Waals surface area contributed by atoms with Crippen LogP contribution in [0, 0.1) is 11.8 Å². The fourth-order valence-electron chi connectivity index (χ4n) is 6.55. The van der Waals surface area contributed by atoms with E-state index in [4.69, 9.17) is 0 Å². The first-order chi connectivity index (χ1) is 26.0. The van der Waals surface area contributed by atoms with Gasteiger partial charge in [0, 0.05) is 11.8 Å². The van der Waals surface area contributed by atoms with Crippen molar-refractivity contribution in [1.82, 2.24) is 0 Å². The second-order valence-electron chi connectivity index (χ2n) is 15.4. The standard InChI is InChI=1S/2C22H44O4S.Ca/c2*1-3-5-7-9-10-11-12-13-14-15-16-18-20-22(19-17-8-6-4-2)21-26-27(23,24)25;/h2*18,20,22H,3-17,19,21H2,1-2H3,(H,23,24,25);/q;;+2/p-2/b2*20-18+;. The molecule has 0 rings (SSSR count). The maximum Gasteiger partial charge on any atom is 2.00 e. The minimum absolute atomic E-state index is 0. The van der Waals surface area contributed by atoms with Gasteiger partial charge in [-0.25, -0.2) is 16.8 Å². The zero-order valence-corrected chi connectivity index (χ0v) is 40.1. The van der Waals surface area contributed by atoms with Crippen molar-refractivity contribution in [3.63, 3.8) is 0 Å². The minimum atomic E-state index is -4.59. The molecule has 2 atom stereocenters. The molecule has 0 radical (unpaired) electrons. The van der Waals surface area contributed by atoms with Crippen molar-refractivity contribution in [1.29, 1.82) is 0 Å². The van der Waals surface area contributed by atoms with Gasteiger partial charge < -0.3 is 9.11 Å². The van der Waals surface area contributed by atoms with Crippen LogP contribution in [0.2, 0.25) is 0 Å². The summed E-state index contributed by atoms with van der Waals surface area (Å²) in [4.78, 5) is 0. The average Bonchev–Trinajstić information content (AvgIpc) is 3.12. The van der Waals surface area contributed by atoms with Crippen molar-refractivity contribution in [2.75, 3.05) is 13.2 Å². The van der Waals surface area contributed by atoms with Gasteiger partial charge in [-0.1, -0.05) is 219 Å². The van der Waals surface area contributed by atoms with Crippen LogP contribution >= 0.6 is 0 Å². The molecule has 2 unspecified atom stereocenters. The van der Waals surface area contributed by atoms with Crippen LogP contribution in [0.5, 0.6) is 0 Å². The van der Waals surface area contributed by atoms with E-state index in [1.165, 1.54) is 154 Å². The van der Waals surface area contributed by atoms with Gasteiger partial charge in [0.05, 0.1) is 13.2 Å². The molecule has 8 nitrogen and oxygen atoms in total. The number of hydrogen-bond donors (Lipinski definition) is 0. The van der Waals surface area contributed by atoms with Crippen molar-refractivity contribution in [3.05, 3.63) is 24.3 Å². The van der Waals surface area contributed by atoms with E-state index in [2.05, 4.69) is 48.2 Å². The van der Waals surface area contributed by atoms with Crippen molar-refractivity contribution in [2.24, 2.45) is 11.8 Å². The van der Waals surface area contributed by atoms with Gasteiger partial charge in [0.25, 0.3) is 0 Å². The van der Waals surface area contributed by atoms with Crippen molar-refractivity contribution < 1.29 is 34.3 Å². The van der Waals surface area contributed by atoms with Crippen LogP contribution in [0.15, 0.2) is 24.3 Å². The predicted octanol–water partition coefficient (Wildman–Crippen LogP) is 13.5. The van der Waals surface area contributed by atoms with Crippen LogP contribution in [-0.4, -0.2) is 76.9 Å². The van der Waals surface area contributed by atoms with E-state index in [9.17, 15) is 25.9 Å². The summed E-state index contributed by atoms with van der Waals surface area (Å²) in [7, 11) is -9.19. The fraction of sp³-hybridized carbons (Fsp3) is 0.909. The molecule has 0 N–H and O–H groups in total. The molecule has 0 amide bonds. The average molecular weight is 847 g/mol. The third-order valence-electron chi connectivity index (χ3n) is 9.98. The van der Waals surface area contributed by atoms with Crippen molar-refractivity contribution >= 4 is 58.5 Å². The van der Waals surface area contributed by atoms with E-state index in [0.717, 1.165) is 51.4 Å². The molecule has 0 aromatic carbocycles. The van der Waals surface area contributed by atoms with Crippen molar-refractivity contribution in [3.8, 4) is 0 Å². The molecular weight excluding hydrogens is 761 g/mol. The van der Waals surface area contributed by atoms with Crippen LogP contribution in [0.1, 0.15) is 233 Å². The van der Waals surface area contributed by atoms with Crippen LogP contribution in [0.25, 0.3) is 0 Å². The Labute approximate surface area is 372 Å². The maximum atomic E-state index is 10.7. The topological polar surface area (TPSA) is 133 Å². The monoisotopic (exact) mass is 847 g/mol. The Bertz CT molecular complexity index is 952. The zero-order valence-electron chi connectivity index (χ0n) is 36.3. The normalized spacial score (nSPS) is 13.2. The number of rotatable bonds is 40. The molecule has 0 heterocycles. The Kier molecular flexibility index (Phi) is 49.5. The summed E-state index contributed by atoms with van der Waals surface area (Å²) in [5, 5.41) is 0. The van der Waals surface area contributed by atoms with E-state index in [-0.39, 0.29) is 62.8 Å². The molecule has 55 heavy (non-hydrogen) atoms. The molecule has 0 bridgehead atoms. The third kappa shape index (κ3) is 54.5. The maximum absolute atomic E-state index is 10.7. The second kappa shape index (κ2) is 45.6. The van der Waals surface area contributed by atoms with E-state index in [1.54, 1.807) is 0 Å². The molecular formula is C44H86CaO8S2. The molecule has 0 aliphatic carbocycles. The van der Waals surface area contributed by atoms with Crippen LogP contribution in [0.4, 0.5) is 0 Å². The smallest absolute Gasteiger partial charge is 0.726 e. The SMILES string of the molecule is CCCCCCCCCCCC/C=C/C(CCCCCC)COS(=O)(=O)[O-].CCCCCCCCCCCC/C=C/C(CCCCCC)COS(=O)(=O)[O-].[Ca+2]. The van der Waals surface area contributed by atoms with Gasteiger partial charge in [0.15, 0.2) is 0 Å². The van der Waals surface area contributed by atoms with Crippen LogP contribution in [-0.2, 0) is 29.2 Å². The molecule has 0 aliphatic heterocycles. The number of unbranched alkanes of at least 4 members (excludes halogenated alkanes) is 26. The molecule has 0 aromatic rings. The Hall–Kier alpha value is 0.480. The summed E-state index contributed by atoms with van der Waals surface area (Å²) in [5.74, 6) is 0.0439. The predicted molar refractivity (Wildman–Crippen MR) is 233 cm³/mol. The molecule has 11 heteroatoms. The van der Waals surface area contributed by atoms with E-state index in [1.807, 2.05) is 12.2 Å². The molecule has 0 saturated carbocycles. The quantitative estimate of drug-likeness (QED) is 0.0196. The Morgan fingerprint density at radius 2 is 0.636 bits per heavy atom. The van der Waals surface area contributed by atoms with Crippen LogP contribution in [0.3, 0.4) is 0 Å². The second-order valence-corrected chi connectivity index (χ2v) is 17.5. The summed E-state index contributed by atoms with van der Waals surface area (Å²) in [6.07, 6.45) is 47.8.